The fraction of sp³-hybridized carbons (Fsp3) is 0.571. The van der Waals surface area contributed by atoms with Gasteiger partial charge in [0.1, 0.15) is 11.2 Å². The highest BCUT2D eigenvalue weighted by Gasteiger charge is 2.33. The Balaban J connectivity index is 2.23. The molecule has 4 nitrogen and oxygen atoms in total. The van der Waals surface area contributed by atoms with Gasteiger partial charge in [0.15, 0.2) is 9.84 Å². The summed E-state index contributed by atoms with van der Waals surface area (Å²) in [4.78, 5) is 1.87. The molecule has 0 amide bonds. The van der Waals surface area contributed by atoms with Gasteiger partial charge in [-0.1, -0.05) is 19.1 Å². The second kappa shape index (κ2) is 7.09. The summed E-state index contributed by atoms with van der Waals surface area (Å²) in [7, 11) is -3.16. The van der Waals surface area contributed by atoms with Gasteiger partial charge in [-0.05, 0) is 11.6 Å². The topological polar surface area (TPSA) is 63.4 Å². The molecule has 1 aliphatic heterocycles. The molecule has 1 aromatic rings. The molecule has 0 spiro atoms. The molecule has 2 rings (SSSR count). The first-order valence-electron chi connectivity index (χ1n) is 6.98. The van der Waals surface area contributed by atoms with Crippen LogP contribution in [0, 0.1) is 5.82 Å². The molecule has 1 unspecified atom stereocenters. The fourth-order valence-electron chi connectivity index (χ4n) is 2.41. The predicted molar refractivity (Wildman–Crippen MR) is 85.3 cm³/mol. The zero-order valence-corrected chi connectivity index (χ0v) is 13.7. The molecule has 1 aliphatic rings. The summed E-state index contributed by atoms with van der Waals surface area (Å²) in [5.74, 6) is 1.22. The van der Waals surface area contributed by atoms with Crippen molar-refractivity contribution in [2.45, 2.75) is 25.4 Å². The lowest BCUT2D eigenvalue weighted by atomic mass is 10.1. The predicted octanol–water partition coefficient (Wildman–Crippen LogP) is 1.59. The number of rotatable bonds is 5. The van der Waals surface area contributed by atoms with Crippen molar-refractivity contribution in [3.8, 4) is 0 Å². The van der Waals surface area contributed by atoms with Gasteiger partial charge in [0, 0.05) is 42.5 Å². The van der Waals surface area contributed by atoms with Crippen LogP contribution >= 0.6 is 11.8 Å². The van der Waals surface area contributed by atoms with Crippen LogP contribution in [0.2, 0.25) is 0 Å². The van der Waals surface area contributed by atoms with Crippen LogP contribution in [0.1, 0.15) is 18.1 Å². The molecular formula is C14H21FN2O2S2. The third-order valence-corrected chi connectivity index (χ3v) is 7.06. The number of sulfone groups is 1. The molecule has 21 heavy (non-hydrogen) atoms. The van der Waals surface area contributed by atoms with Crippen molar-refractivity contribution in [3.05, 3.63) is 35.1 Å². The minimum atomic E-state index is -3.16. The molecule has 0 radical (unpaired) electrons. The van der Waals surface area contributed by atoms with Crippen LogP contribution in [0.25, 0.3) is 0 Å². The average molecular weight is 332 g/mol. The van der Waals surface area contributed by atoms with E-state index in [-0.39, 0.29) is 11.6 Å². The van der Waals surface area contributed by atoms with Crippen LogP contribution < -0.4 is 5.73 Å². The van der Waals surface area contributed by atoms with E-state index < -0.39 is 15.2 Å². The highest BCUT2D eigenvalue weighted by molar-refractivity contribution is 8.01. The van der Waals surface area contributed by atoms with Crippen LogP contribution in [0.3, 0.4) is 0 Å². The Morgan fingerprint density at radius 1 is 1.48 bits per heavy atom. The molecule has 0 aliphatic carbocycles. The number of nitrogens with zero attached hydrogens (tertiary/aromatic N) is 1. The van der Waals surface area contributed by atoms with E-state index in [2.05, 4.69) is 0 Å². The van der Waals surface area contributed by atoms with Gasteiger partial charge in [-0.2, -0.15) is 11.8 Å². The molecule has 2 N–H and O–H groups in total. The summed E-state index contributed by atoms with van der Waals surface area (Å²) in [5, 5.41) is -0.526. The summed E-state index contributed by atoms with van der Waals surface area (Å²) in [6.07, 6.45) is 0. The molecule has 1 heterocycles. The smallest absolute Gasteiger partial charge is 0.166 e. The Bertz CT molecular complexity index is 593. The molecule has 118 valence electrons. The fourth-order valence-corrected chi connectivity index (χ4v) is 5.49. The Morgan fingerprint density at radius 2 is 2.24 bits per heavy atom. The summed E-state index contributed by atoms with van der Waals surface area (Å²) in [6.45, 7) is 2.97. The van der Waals surface area contributed by atoms with Crippen LogP contribution in [-0.2, 0) is 22.9 Å². The molecule has 1 saturated heterocycles. The van der Waals surface area contributed by atoms with E-state index in [1.165, 1.54) is 6.07 Å². The lowest BCUT2D eigenvalue weighted by Gasteiger charge is -2.34. The van der Waals surface area contributed by atoms with Crippen LogP contribution in [0.4, 0.5) is 4.39 Å². The minimum absolute atomic E-state index is 0.111. The Kier molecular flexibility index (Phi) is 5.65. The van der Waals surface area contributed by atoms with E-state index in [9.17, 15) is 12.8 Å². The van der Waals surface area contributed by atoms with Gasteiger partial charge in [0.25, 0.3) is 0 Å². The number of halogens is 1. The summed E-state index contributed by atoms with van der Waals surface area (Å²) < 4.78 is 38.3. The molecule has 1 aromatic carbocycles. The standard InChI is InChI=1S/C14H21FN2O2S2/c1-2-21(18,19)14-10-20-6-5-17(14)9-12-7-11(8-16)3-4-13(12)15/h3-4,7,14H,2,5-6,8-10,16H2,1H3. The first kappa shape index (κ1) is 16.7. The maximum absolute atomic E-state index is 13.9. The van der Waals surface area contributed by atoms with Crippen molar-refractivity contribution in [2.75, 3.05) is 23.8 Å². The van der Waals surface area contributed by atoms with E-state index in [0.29, 0.717) is 31.0 Å². The number of hydrogen-bond acceptors (Lipinski definition) is 5. The van der Waals surface area contributed by atoms with Crippen molar-refractivity contribution in [3.63, 3.8) is 0 Å². The molecule has 0 bridgehead atoms. The van der Waals surface area contributed by atoms with Crippen LogP contribution in [-0.4, -0.2) is 42.5 Å². The quantitative estimate of drug-likeness (QED) is 0.887. The first-order chi connectivity index (χ1) is 9.97. The maximum Gasteiger partial charge on any atom is 0.166 e. The summed E-state index contributed by atoms with van der Waals surface area (Å²) in [6, 6.07) is 4.79. The van der Waals surface area contributed by atoms with Gasteiger partial charge in [-0.15, -0.1) is 0 Å². The highest BCUT2D eigenvalue weighted by atomic mass is 32.2. The SMILES string of the molecule is CCS(=O)(=O)C1CSCCN1Cc1cc(CN)ccc1F. The number of benzene rings is 1. The first-order valence-corrected chi connectivity index (χ1v) is 9.85. The second-order valence-electron chi connectivity index (χ2n) is 5.08. The second-order valence-corrected chi connectivity index (χ2v) is 8.68. The third kappa shape index (κ3) is 3.97. The summed E-state index contributed by atoms with van der Waals surface area (Å²) in [5.41, 5.74) is 6.95. The molecular weight excluding hydrogens is 311 g/mol. The van der Waals surface area contributed by atoms with Crippen molar-refractivity contribution in [1.82, 2.24) is 4.90 Å². The lowest BCUT2D eigenvalue weighted by molar-refractivity contribution is 0.258. The Morgan fingerprint density at radius 3 is 2.90 bits per heavy atom. The maximum atomic E-state index is 13.9. The molecule has 0 aromatic heterocycles. The average Bonchev–Trinajstić information content (AvgIpc) is 2.50. The van der Waals surface area contributed by atoms with E-state index in [1.807, 2.05) is 4.90 Å². The molecule has 0 saturated carbocycles. The highest BCUT2D eigenvalue weighted by Crippen LogP contribution is 2.24. The zero-order chi connectivity index (χ0) is 15.5. The number of thioether (sulfide) groups is 1. The molecule has 1 atom stereocenters. The van der Waals surface area contributed by atoms with Gasteiger partial charge >= 0.3 is 0 Å². The van der Waals surface area contributed by atoms with Gasteiger partial charge in [-0.3, -0.25) is 4.90 Å². The lowest BCUT2D eigenvalue weighted by Crippen LogP contribution is -2.47. The largest absolute Gasteiger partial charge is 0.326 e. The zero-order valence-electron chi connectivity index (χ0n) is 12.1. The minimum Gasteiger partial charge on any atom is -0.326 e. The van der Waals surface area contributed by atoms with Gasteiger partial charge in [0.2, 0.25) is 0 Å². The van der Waals surface area contributed by atoms with Crippen molar-refractivity contribution in [2.24, 2.45) is 5.73 Å². The van der Waals surface area contributed by atoms with Crippen LogP contribution in [0.15, 0.2) is 18.2 Å². The number of nitrogens with two attached hydrogens (primary N) is 1. The van der Waals surface area contributed by atoms with Crippen molar-refractivity contribution < 1.29 is 12.8 Å². The Hall–Kier alpha value is -0.630. The van der Waals surface area contributed by atoms with Gasteiger partial charge in [0.05, 0.1) is 0 Å². The van der Waals surface area contributed by atoms with E-state index >= 15 is 0 Å². The molecule has 1 fully saturated rings. The van der Waals surface area contributed by atoms with Gasteiger partial charge < -0.3 is 5.73 Å². The number of hydrogen-bond donors (Lipinski definition) is 1. The third-order valence-electron chi connectivity index (χ3n) is 3.73. The monoisotopic (exact) mass is 332 g/mol. The van der Waals surface area contributed by atoms with E-state index in [4.69, 9.17) is 5.73 Å². The van der Waals surface area contributed by atoms with Crippen molar-refractivity contribution in [1.29, 1.82) is 0 Å². The summed E-state index contributed by atoms with van der Waals surface area (Å²) >= 11 is 1.64. The Labute approximate surface area is 129 Å². The molecule has 7 heteroatoms. The van der Waals surface area contributed by atoms with E-state index in [0.717, 1.165) is 11.3 Å². The van der Waals surface area contributed by atoms with Crippen LogP contribution in [0.5, 0.6) is 0 Å². The normalized spacial score (nSPS) is 20.6. The van der Waals surface area contributed by atoms with Gasteiger partial charge in [-0.25, -0.2) is 12.8 Å². The van der Waals surface area contributed by atoms with E-state index in [1.54, 1.807) is 30.8 Å². The van der Waals surface area contributed by atoms with Crippen molar-refractivity contribution >= 4 is 21.6 Å².